The molecule has 0 amide bonds. The van der Waals surface area contributed by atoms with Crippen molar-refractivity contribution in [2.75, 3.05) is 32.7 Å². The third kappa shape index (κ3) is 3.79. The Morgan fingerprint density at radius 1 is 1.53 bits per heavy atom. The molecule has 15 heavy (non-hydrogen) atoms. The van der Waals surface area contributed by atoms with Gasteiger partial charge in [0.2, 0.25) is 0 Å². The number of rotatable bonds is 4. The lowest BCUT2D eigenvalue weighted by Gasteiger charge is -2.29. The number of nitrogens with one attached hydrogen (secondary N) is 1. The quantitative estimate of drug-likeness (QED) is 0.814. The van der Waals surface area contributed by atoms with Crippen LogP contribution < -0.4 is 5.32 Å². The van der Waals surface area contributed by atoms with Crippen molar-refractivity contribution in [3.8, 4) is 0 Å². The summed E-state index contributed by atoms with van der Waals surface area (Å²) >= 11 is 3.85. The van der Waals surface area contributed by atoms with E-state index in [4.69, 9.17) is 0 Å². The van der Waals surface area contributed by atoms with Crippen LogP contribution in [0.3, 0.4) is 0 Å². The molecule has 1 aliphatic heterocycles. The number of hydrogen-bond acceptors (Lipinski definition) is 4. The third-order valence-corrected chi connectivity index (χ3v) is 4.70. The van der Waals surface area contributed by atoms with Gasteiger partial charge in [-0.15, -0.1) is 23.1 Å². The van der Waals surface area contributed by atoms with Gasteiger partial charge < -0.3 is 5.32 Å². The zero-order chi connectivity index (χ0) is 10.5. The van der Waals surface area contributed by atoms with Crippen molar-refractivity contribution >= 4 is 23.1 Å². The van der Waals surface area contributed by atoms with E-state index in [-0.39, 0.29) is 0 Å². The second-order valence-electron chi connectivity index (χ2n) is 3.91. The van der Waals surface area contributed by atoms with Gasteiger partial charge in [0, 0.05) is 38.0 Å². The van der Waals surface area contributed by atoms with E-state index in [0.29, 0.717) is 5.25 Å². The van der Waals surface area contributed by atoms with Crippen molar-refractivity contribution in [1.82, 2.24) is 10.2 Å². The number of thiophene rings is 1. The van der Waals surface area contributed by atoms with Crippen LogP contribution in [0.25, 0.3) is 0 Å². The zero-order valence-electron chi connectivity index (χ0n) is 9.11. The SMILES string of the molecule is CC(CN1CCNCC1)Sc1cccs1. The van der Waals surface area contributed by atoms with Crippen molar-refractivity contribution in [2.45, 2.75) is 16.4 Å². The summed E-state index contributed by atoms with van der Waals surface area (Å²) in [6, 6.07) is 4.34. The second kappa shape index (κ2) is 5.89. The average Bonchev–Trinajstić information content (AvgIpc) is 2.71. The van der Waals surface area contributed by atoms with Crippen LogP contribution in [0.4, 0.5) is 0 Å². The molecular formula is C11H18N2S2. The van der Waals surface area contributed by atoms with Crippen molar-refractivity contribution in [1.29, 1.82) is 0 Å². The predicted octanol–water partition coefficient (Wildman–Crippen LogP) is 2.13. The fourth-order valence-corrected chi connectivity index (χ4v) is 3.99. The lowest BCUT2D eigenvalue weighted by molar-refractivity contribution is 0.244. The van der Waals surface area contributed by atoms with Crippen molar-refractivity contribution in [2.24, 2.45) is 0 Å². The molecule has 2 nitrogen and oxygen atoms in total. The molecule has 1 fully saturated rings. The first-order valence-corrected chi connectivity index (χ1v) is 7.24. The van der Waals surface area contributed by atoms with Crippen LogP contribution in [-0.4, -0.2) is 42.9 Å². The first-order valence-electron chi connectivity index (χ1n) is 5.48. The predicted molar refractivity (Wildman–Crippen MR) is 68.9 cm³/mol. The van der Waals surface area contributed by atoms with Crippen LogP contribution in [0, 0.1) is 0 Å². The molecule has 0 saturated carbocycles. The summed E-state index contributed by atoms with van der Waals surface area (Å²) in [6.45, 7) is 8.24. The van der Waals surface area contributed by atoms with E-state index in [0.717, 1.165) is 13.1 Å². The maximum atomic E-state index is 3.39. The van der Waals surface area contributed by atoms with Gasteiger partial charge in [-0.05, 0) is 11.4 Å². The Labute approximate surface area is 100 Å². The highest BCUT2D eigenvalue weighted by Gasteiger charge is 2.13. The van der Waals surface area contributed by atoms with Gasteiger partial charge in [-0.2, -0.15) is 0 Å². The molecule has 0 aliphatic carbocycles. The summed E-state index contributed by atoms with van der Waals surface area (Å²) in [4.78, 5) is 2.56. The fraction of sp³-hybridized carbons (Fsp3) is 0.636. The van der Waals surface area contributed by atoms with Gasteiger partial charge in [0.05, 0.1) is 4.21 Å². The molecule has 0 spiro atoms. The number of nitrogens with zero attached hydrogens (tertiary/aromatic N) is 1. The molecule has 1 N–H and O–H groups in total. The molecule has 4 heteroatoms. The van der Waals surface area contributed by atoms with Crippen LogP contribution in [0.5, 0.6) is 0 Å². The van der Waals surface area contributed by atoms with Crippen molar-refractivity contribution in [3.63, 3.8) is 0 Å². The van der Waals surface area contributed by atoms with Gasteiger partial charge in [0.25, 0.3) is 0 Å². The highest BCUT2D eigenvalue weighted by atomic mass is 32.2. The van der Waals surface area contributed by atoms with E-state index in [1.54, 1.807) is 0 Å². The normalized spacial score (nSPS) is 20.3. The summed E-state index contributed by atoms with van der Waals surface area (Å²) in [7, 11) is 0. The summed E-state index contributed by atoms with van der Waals surface area (Å²) in [5, 5.41) is 6.24. The first-order chi connectivity index (χ1) is 7.34. The molecule has 1 aromatic heterocycles. The number of thioether (sulfide) groups is 1. The molecule has 84 valence electrons. The maximum Gasteiger partial charge on any atom is 0.0601 e. The lowest BCUT2D eigenvalue weighted by Crippen LogP contribution is -2.45. The summed E-state index contributed by atoms with van der Waals surface area (Å²) in [5.41, 5.74) is 0. The van der Waals surface area contributed by atoms with Gasteiger partial charge in [-0.1, -0.05) is 13.0 Å². The number of hydrogen-bond donors (Lipinski definition) is 1. The highest BCUT2D eigenvalue weighted by molar-refractivity contribution is 8.01. The van der Waals surface area contributed by atoms with E-state index in [1.165, 1.54) is 23.8 Å². The molecular weight excluding hydrogens is 224 g/mol. The Kier molecular flexibility index (Phi) is 4.50. The molecule has 1 atom stereocenters. The van der Waals surface area contributed by atoms with E-state index in [1.807, 2.05) is 23.1 Å². The standard InChI is InChI=1S/C11H18N2S2/c1-10(15-11-3-2-8-14-11)9-13-6-4-12-5-7-13/h2-3,8,10,12H,4-7,9H2,1H3. The average molecular weight is 242 g/mol. The summed E-state index contributed by atoms with van der Waals surface area (Å²) in [6.07, 6.45) is 0. The molecule has 1 unspecified atom stereocenters. The minimum absolute atomic E-state index is 0.696. The molecule has 0 aromatic carbocycles. The topological polar surface area (TPSA) is 15.3 Å². The number of piperazine rings is 1. The molecule has 1 aliphatic rings. The molecule has 2 heterocycles. The molecule has 0 bridgehead atoms. The van der Waals surface area contributed by atoms with Gasteiger partial charge in [-0.25, -0.2) is 0 Å². The summed E-state index contributed by atoms with van der Waals surface area (Å²) < 4.78 is 1.44. The van der Waals surface area contributed by atoms with Crippen LogP contribution in [0.1, 0.15) is 6.92 Å². The second-order valence-corrected chi connectivity index (χ2v) is 6.60. The van der Waals surface area contributed by atoms with Gasteiger partial charge in [0.15, 0.2) is 0 Å². The Balaban J connectivity index is 1.74. The van der Waals surface area contributed by atoms with Gasteiger partial charge in [0.1, 0.15) is 0 Å². The van der Waals surface area contributed by atoms with Crippen molar-refractivity contribution < 1.29 is 0 Å². The Morgan fingerprint density at radius 2 is 2.33 bits per heavy atom. The minimum atomic E-state index is 0.696. The van der Waals surface area contributed by atoms with Crippen LogP contribution in [0.2, 0.25) is 0 Å². The van der Waals surface area contributed by atoms with Gasteiger partial charge in [-0.3, -0.25) is 4.90 Å². The van der Waals surface area contributed by atoms with Crippen LogP contribution in [-0.2, 0) is 0 Å². The van der Waals surface area contributed by atoms with E-state index < -0.39 is 0 Å². The molecule has 0 radical (unpaired) electrons. The smallest absolute Gasteiger partial charge is 0.0601 e. The van der Waals surface area contributed by atoms with E-state index in [2.05, 4.69) is 34.7 Å². The Bertz CT molecular complexity index is 268. The lowest BCUT2D eigenvalue weighted by atomic mass is 10.3. The molecule has 1 aromatic rings. The summed E-state index contributed by atoms with van der Waals surface area (Å²) in [5.74, 6) is 0. The van der Waals surface area contributed by atoms with Crippen molar-refractivity contribution in [3.05, 3.63) is 17.5 Å². The van der Waals surface area contributed by atoms with Crippen LogP contribution in [0.15, 0.2) is 21.7 Å². The van der Waals surface area contributed by atoms with Gasteiger partial charge >= 0.3 is 0 Å². The highest BCUT2D eigenvalue weighted by Crippen LogP contribution is 2.27. The minimum Gasteiger partial charge on any atom is -0.314 e. The zero-order valence-corrected chi connectivity index (χ0v) is 10.7. The van der Waals surface area contributed by atoms with Crippen LogP contribution >= 0.6 is 23.1 Å². The third-order valence-electron chi connectivity index (χ3n) is 2.54. The fourth-order valence-electron chi connectivity index (χ4n) is 1.82. The molecule has 2 rings (SSSR count). The Morgan fingerprint density at radius 3 is 3.00 bits per heavy atom. The van der Waals surface area contributed by atoms with E-state index >= 15 is 0 Å². The maximum absolute atomic E-state index is 3.39. The first kappa shape index (κ1) is 11.5. The van der Waals surface area contributed by atoms with E-state index in [9.17, 15) is 0 Å². The monoisotopic (exact) mass is 242 g/mol. The largest absolute Gasteiger partial charge is 0.314 e. The molecule has 1 saturated heterocycles. The Hall–Kier alpha value is -0.0300.